The molecule has 8 heteroatoms. The lowest BCUT2D eigenvalue weighted by atomic mass is 10.3. The molecule has 1 amide bonds. The van der Waals surface area contributed by atoms with Gasteiger partial charge in [-0.05, 0) is 19.1 Å². The summed E-state index contributed by atoms with van der Waals surface area (Å²) in [4.78, 5) is 20.0. The average Bonchev–Trinajstić information content (AvgIpc) is 2.63. The van der Waals surface area contributed by atoms with Crippen LogP contribution in [0.2, 0.25) is 0 Å². The Morgan fingerprint density at radius 1 is 1.21 bits per heavy atom. The van der Waals surface area contributed by atoms with E-state index in [1.54, 1.807) is 11.1 Å². The third-order valence-corrected chi connectivity index (χ3v) is 3.71. The summed E-state index contributed by atoms with van der Waals surface area (Å²) in [6, 6.07) is 9.70. The minimum Gasteiger partial charge on any atom is -0.450 e. The highest BCUT2D eigenvalue weighted by Gasteiger charge is 2.23. The minimum atomic E-state index is -0.260. The second-order valence-corrected chi connectivity index (χ2v) is 5.30. The maximum Gasteiger partial charge on any atom is 0.409 e. The fourth-order valence-electron chi connectivity index (χ4n) is 2.48. The molecule has 0 spiro atoms. The van der Waals surface area contributed by atoms with Gasteiger partial charge in [-0.25, -0.2) is 4.79 Å². The van der Waals surface area contributed by atoms with Gasteiger partial charge in [0.15, 0.2) is 5.82 Å². The van der Waals surface area contributed by atoms with Gasteiger partial charge in [0, 0.05) is 31.9 Å². The number of rotatable bonds is 4. The molecule has 1 aromatic carbocycles. The smallest absolute Gasteiger partial charge is 0.409 e. The Morgan fingerprint density at radius 3 is 2.67 bits per heavy atom. The summed E-state index contributed by atoms with van der Waals surface area (Å²) >= 11 is 0. The zero-order valence-corrected chi connectivity index (χ0v) is 13.6. The Balaban J connectivity index is 1.62. The van der Waals surface area contributed by atoms with Crippen LogP contribution in [0.5, 0.6) is 0 Å². The van der Waals surface area contributed by atoms with E-state index in [9.17, 15) is 4.79 Å². The molecule has 1 saturated heterocycles. The van der Waals surface area contributed by atoms with Crippen LogP contribution in [-0.4, -0.2) is 59.0 Å². The first-order valence-electron chi connectivity index (χ1n) is 7.94. The summed E-state index contributed by atoms with van der Waals surface area (Å²) in [5.41, 5.74) is 0.906. The number of carbonyl (C=O) groups excluding carboxylic acids is 1. The lowest BCUT2D eigenvalue weighted by molar-refractivity contribution is 0.105. The molecule has 2 aromatic rings. The average molecular weight is 328 g/mol. The largest absolute Gasteiger partial charge is 0.450 e. The molecule has 0 atom stereocenters. The normalized spacial score (nSPS) is 14.4. The number of anilines is 3. The van der Waals surface area contributed by atoms with Crippen LogP contribution in [0.1, 0.15) is 6.92 Å². The van der Waals surface area contributed by atoms with Crippen LogP contribution in [0.25, 0.3) is 0 Å². The molecular weight excluding hydrogens is 308 g/mol. The van der Waals surface area contributed by atoms with Crippen LogP contribution < -0.4 is 10.2 Å². The van der Waals surface area contributed by atoms with Crippen LogP contribution in [-0.2, 0) is 4.74 Å². The van der Waals surface area contributed by atoms with E-state index in [1.165, 1.54) is 0 Å². The van der Waals surface area contributed by atoms with Gasteiger partial charge < -0.3 is 19.9 Å². The SMILES string of the molecule is CCOC(=O)N1CCN(c2cnnc(Nc3ccccc3)n2)CC1. The van der Waals surface area contributed by atoms with E-state index in [4.69, 9.17) is 4.74 Å². The summed E-state index contributed by atoms with van der Waals surface area (Å²) in [6.45, 7) is 4.77. The third kappa shape index (κ3) is 3.89. The lowest BCUT2D eigenvalue weighted by Gasteiger charge is -2.34. The summed E-state index contributed by atoms with van der Waals surface area (Å²) in [7, 11) is 0. The van der Waals surface area contributed by atoms with Crippen LogP contribution in [0.4, 0.5) is 22.2 Å². The van der Waals surface area contributed by atoms with Crippen molar-refractivity contribution in [2.45, 2.75) is 6.92 Å². The number of benzene rings is 1. The van der Waals surface area contributed by atoms with Gasteiger partial charge in [-0.15, -0.1) is 5.10 Å². The predicted octanol–water partition coefficient (Wildman–Crippen LogP) is 1.89. The Kier molecular flexibility index (Phi) is 5.05. The van der Waals surface area contributed by atoms with Crippen LogP contribution >= 0.6 is 0 Å². The molecule has 0 bridgehead atoms. The highest BCUT2D eigenvalue weighted by molar-refractivity contribution is 5.68. The predicted molar refractivity (Wildman–Crippen MR) is 90.4 cm³/mol. The van der Waals surface area contributed by atoms with E-state index in [0.29, 0.717) is 38.7 Å². The van der Waals surface area contributed by atoms with Gasteiger partial charge in [0.1, 0.15) is 0 Å². The highest BCUT2D eigenvalue weighted by Crippen LogP contribution is 2.16. The van der Waals surface area contributed by atoms with Crippen molar-refractivity contribution in [3.05, 3.63) is 36.5 Å². The number of ether oxygens (including phenoxy) is 1. The molecule has 1 fully saturated rings. The molecular formula is C16H20N6O2. The first kappa shape index (κ1) is 16.0. The number of amides is 1. The van der Waals surface area contributed by atoms with Crippen molar-refractivity contribution in [1.29, 1.82) is 0 Å². The number of para-hydroxylation sites is 1. The second-order valence-electron chi connectivity index (χ2n) is 5.30. The van der Waals surface area contributed by atoms with Crippen molar-refractivity contribution in [2.24, 2.45) is 0 Å². The molecule has 0 saturated carbocycles. The molecule has 1 aliphatic heterocycles. The number of hydrogen-bond acceptors (Lipinski definition) is 7. The van der Waals surface area contributed by atoms with Crippen molar-refractivity contribution in [1.82, 2.24) is 20.1 Å². The highest BCUT2D eigenvalue weighted by atomic mass is 16.6. The van der Waals surface area contributed by atoms with Gasteiger partial charge in [0.05, 0.1) is 12.8 Å². The first-order valence-corrected chi connectivity index (χ1v) is 7.94. The molecule has 24 heavy (non-hydrogen) atoms. The number of nitrogens with zero attached hydrogens (tertiary/aromatic N) is 5. The summed E-state index contributed by atoms with van der Waals surface area (Å²) in [6.07, 6.45) is 1.38. The number of nitrogens with one attached hydrogen (secondary N) is 1. The quantitative estimate of drug-likeness (QED) is 0.917. The van der Waals surface area contributed by atoms with Crippen molar-refractivity contribution >= 4 is 23.5 Å². The van der Waals surface area contributed by atoms with E-state index in [1.807, 2.05) is 37.3 Å². The number of carbonyl (C=O) groups is 1. The van der Waals surface area contributed by atoms with Crippen LogP contribution in [0.15, 0.2) is 36.5 Å². The van der Waals surface area contributed by atoms with E-state index >= 15 is 0 Å². The van der Waals surface area contributed by atoms with Crippen LogP contribution in [0, 0.1) is 0 Å². The Morgan fingerprint density at radius 2 is 1.96 bits per heavy atom. The summed E-state index contributed by atoms with van der Waals surface area (Å²) in [5.74, 6) is 1.19. The first-order chi connectivity index (χ1) is 11.8. The Bertz CT molecular complexity index is 673. The maximum atomic E-state index is 11.7. The minimum absolute atomic E-state index is 0.260. The van der Waals surface area contributed by atoms with E-state index in [2.05, 4.69) is 25.4 Å². The topological polar surface area (TPSA) is 83.5 Å². The van der Waals surface area contributed by atoms with Crippen molar-refractivity contribution in [3.8, 4) is 0 Å². The van der Waals surface area contributed by atoms with Gasteiger partial charge in [-0.3, -0.25) is 0 Å². The number of hydrogen-bond donors (Lipinski definition) is 1. The summed E-state index contributed by atoms with van der Waals surface area (Å²) in [5, 5.41) is 11.2. The molecule has 1 N–H and O–H groups in total. The standard InChI is InChI=1S/C16H20N6O2/c1-2-24-16(23)22-10-8-21(9-11-22)14-12-17-20-15(19-14)18-13-6-4-3-5-7-13/h3-7,12H,2,8-11H2,1H3,(H,18,19,20). The molecule has 2 heterocycles. The van der Waals surface area contributed by atoms with Gasteiger partial charge >= 0.3 is 6.09 Å². The van der Waals surface area contributed by atoms with Crippen molar-refractivity contribution in [2.75, 3.05) is 43.0 Å². The molecule has 0 radical (unpaired) electrons. The molecule has 1 aromatic heterocycles. The zero-order chi connectivity index (χ0) is 16.8. The number of aromatic nitrogens is 3. The van der Waals surface area contributed by atoms with E-state index in [0.717, 1.165) is 11.5 Å². The molecule has 8 nitrogen and oxygen atoms in total. The maximum absolute atomic E-state index is 11.7. The van der Waals surface area contributed by atoms with Crippen molar-refractivity contribution < 1.29 is 9.53 Å². The lowest BCUT2D eigenvalue weighted by Crippen LogP contribution is -2.49. The molecule has 1 aliphatic rings. The van der Waals surface area contributed by atoms with Gasteiger partial charge in [-0.1, -0.05) is 18.2 Å². The Labute approximate surface area is 140 Å². The van der Waals surface area contributed by atoms with Gasteiger partial charge in [0.2, 0.25) is 5.95 Å². The molecule has 3 rings (SSSR count). The van der Waals surface area contributed by atoms with Crippen molar-refractivity contribution in [3.63, 3.8) is 0 Å². The third-order valence-electron chi connectivity index (χ3n) is 3.71. The monoisotopic (exact) mass is 328 g/mol. The molecule has 0 aliphatic carbocycles. The number of piperazine rings is 1. The fraction of sp³-hybridized carbons (Fsp3) is 0.375. The Hall–Kier alpha value is -2.90. The van der Waals surface area contributed by atoms with Gasteiger partial charge in [-0.2, -0.15) is 10.1 Å². The zero-order valence-electron chi connectivity index (χ0n) is 13.6. The van der Waals surface area contributed by atoms with Gasteiger partial charge in [0.25, 0.3) is 0 Å². The second kappa shape index (κ2) is 7.58. The molecule has 0 unspecified atom stereocenters. The molecule has 126 valence electrons. The van der Waals surface area contributed by atoms with E-state index < -0.39 is 0 Å². The van der Waals surface area contributed by atoms with Crippen LogP contribution in [0.3, 0.4) is 0 Å². The summed E-state index contributed by atoms with van der Waals surface area (Å²) < 4.78 is 5.03. The van der Waals surface area contributed by atoms with E-state index in [-0.39, 0.29) is 6.09 Å². The fourth-order valence-corrected chi connectivity index (χ4v) is 2.48.